The van der Waals surface area contributed by atoms with Crippen LogP contribution in [0, 0.1) is 5.82 Å². The number of halogens is 1. The molecule has 3 aromatic rings. The topological polar surface area (TPSA) is 119 Å². The molecule has 0 saturated heterocycles. The first kappa shape index (κ1) is 23.7. The average Bonchev–Trinajstić information content (AvgIpc) is 2.79. The normalized spacial score (nSPS) is 11.0. The van der Waals surface area contributed by atoms with Crippen molar-refractivity contribution in [2.24, 2.45) is 5.73 Å². The van der Waals surface area contributed by atoms with Crippen LogP contribution >= 0.6 is 0 Å². The van der Waals surface area contributed by atoms with Crippen molar-refractivity contribution in [3.8, 4) is 5.75 Å². The number of sulfonamides is 1. The van der Waals surface area contributed by atoms with Gasteiger partial charge >= 0.3 is 0 Å². The van der Waals surface area contributed by atoms with E-state index in [0.29, 0.717) is 12.4 Å². The molecule has 0 fully saturated rings. The summed E-state index contributed by atoms with van der Waals surface area (Å²) in [5.41, 5.74) is 5.82. The number of primary amides is 1. The fraction of sp³-hybridized carbons (Fsp3) is 0.130. The average molecular weight is 472 g/mol. The smallest absolute Gasteiger partial charge is 0.264 e. The number of hydrogen-bond acceptors (Lipinski definition) is 5. The van der Waals surface area contributed by atoms with E-state index < -0.39 is 34.2 Å². The molecule has 0 aliphatic carbocycles. The van der Waals surface area contributed by atoms with Crippen LogP contribution in [0.5, 0.6) is 5.75 Å². The molecule has 0 radical (unpaired) electrons. The van der Waals surface area contributed by atoms with Crippen LogP contribution in [0.15, 0.2) is 77.7 Å². The lowest BCUT2D eigenvalue weighted by Crippen LogP contribution is -2.38. The molecular formula is C23H22FN3O5S. The molecule has 0 aliphatic heterocycles. The van der Waals surface area contributed by atoms with Gasteiger partial charge in [-0.05, 0) is 73.7 Å². The molecule has 10 heteroatoms. The maximum absolute atomic E-state index is 13.4. The Kier molecular flexibility index (Phi) is 7.29. The summed E-state index contributed by atoms with van der Waals surface area (Å²) in [6, 6.07) is 16.4. The number of nitrogens with one attached hydrogen (secondary N) is 1. The second-order valence-electron chi connectivity index (χ2n) is 6.89. The van der Waals surface area contributed by atoms with Gasteiger partial charge in [-0.25, -0.2) is 12.8 Å². The summed E-state index contributed by atoms with van der Waals surface area (Å²) < 4.78 is 46.4. The molecule has 0 unspecified atom stereocenters. The van der Waals surface area contributed by atoms with Crippen molar-refractivity contribution >= 4 is 33.2 Å². The Morgan fingerprint density at radius 2 is 1.70 bits per heavy atom. The zero-order valence-corrected chi connectivity index (χ0v) is 18.5. The summed E-state index contributed by atoms with van der Waals surface area (Å²) in [7, 11) is -4.19. The van der Waals surface area contributed by atoms with Crippen molar-refractivity contribution in [3.63, 3.8) is 0 Å². The number of rotatable bonds is 9. The quantitative estimate of drug-likeness (QED) is 0.497. The van der Waals surface area contributed by atoms with Crippen LogP contribution in [-0.4, -0.2) is 33.4 Å². The lowest BCUT2D eigenvalue weighted by Gasteiger charge is -2.24. The summed E-state index contributed by atoms with van der Waals surface area (Å²) in [5.74, 6) is -1.39. The van der Waals surface area contributed by atoms with Gasteiger partial charge in [0, 0.05) is 11.3 Å². The van der Waals surface area contributed by atoms with E-state index in [4.69, 9.17) is 10.5 Å². The van der Waals surface area contributed by atoms with E-state index in [9.17, 15) is 22.4 Å². The number of nitrogens with zero attached hydrogens (tertiary/aromatic N) is 1. The van der Waals surface area contributed by atoms with Crippen molar-refractivity contribution in [2.75, 3.05) is 22.8 Å². The first-order valence-electron chi connectivity index (χ1n) is 9.91. The van der Waals surface area contributed by atoms with Crippen LogP contribution in [0.2, 0.25) is 0 Å². The molecule has 3 aromatic carbocycles. The van der Waals surface area contributed by atoms with Crippen LogP contribution in [0.4, 0.5) is 15.8 Å². The zero-order valence-electron chi connectivity index (χ0n) is 17.7. The fourth-order valence-corrected chi connectivity index (χ4v) is 4.43. The van der Waals surface area contributed by atoms with Gasteiger partial charge in [0.15, 0.2) is 0 Å². The lowest BCUT2D eigenvalue weighted by molar-refractivity contribution is -0.114. The number of hydrogen-bond donors (Lipinski definition) is 2. The molecule has 0 atom stereocenters. The molecule has 2 amide bonds. The monoisotopic (exact) mass is 471 g/mol. The predicted octanol–water partition coefficient (Wildman–Crippen LogP) is 3.16. The Bertz CT molecular complexity index is 1250. The number of anilines is 2. The third kappa shape index (κ3) is 5.86. The maximum Gasteiger partial charge on any atom is 0.264 e. The van der Waals surface area contributed by atoms with Crippen molar-refractivity contribution in [1.29, 1.82) is 0 Å². The third-order valence-electron chi connectivity index (χ3n) is 4.56. The second-order valence-corrected chi connectivity index (χ2v) is 8.75. The fourth-order valence-electron chi connectivity index (χ4n) is 3.01. The Morgan fingerprint density at radius 3 is 2.30 bits per heavy atom. The number of nitrogens with two attached hydrogens (primary N) is 1. The summed E-state index contributed by atoms with van der Waals surface area (Å²) in [6.07, 6.45) is 0. The highest BCUT2D eigenvalue weighted by atomic mass is 32.2. The molecule has 33 heavy (non-hydrogen) atoms. The Labute approximate surface area is 190 Å². The van der Waals surface area contributed by atoms with Crippen LogP contribution in [-0.2, 0) is 14.8 Å². The highest BCUT2D eigenvalue weighted by molar-refractivity contribution is 7.92. The van der Waals surface area contributed by atoms with Crippen molar-refractivity contribution in [1.82, 2.24) is 0 Å². The lowest BCUT2D eigenvalue weighted by atomic mass is 10.2. The van der Waals surface area contributed by atoms with E-state index in [1.807, 2.05) is 0 Å². The van der Waals surface area contributed by atoms with E-state index in [1.165, 1.54) is 60.7 Å². The van der Waals surface area contributed by atoms with Crippen LogP contribution in [0.25, 0.3) is 0 Å². The third-order valence-corrected chi connectivity index (χ3v) is 6.34. The van der Waals surface area contributed by atoms with Gasteiger partial charge in [-0.15, -0.1) is 0 Å². The Hall–Kier alpha value is -3.92. The SMILES string of the molecule is CCOc1ccc(S(=O)(=O)N(CC(=O)Nc2cccc(C(N)=O)c2)c2ccc(F)cc2)cc1. The highest BCUT2D eigenvalue weighted by Crippen LogP contribution is 2.25. The van der Waals surface area contributed by atoms with Gasteiger partial charge in [-0.2, -0.15) is 0 Å². The highest BCUT2D eigenvalue weighted by Gasteiger charge is 2.27. The Balaban J connectivity index is 1.91. The van der Waals surface area contributed by atoms with E-state index in [2.05, 4.69) is 5.32 Å². The van der Waals surface area contributed by atoms with Gasteiger partial charge in [0.25, 0.3) is 10.0 Å². The minimum Gasteiger partial charge on any atom is -0.494 e. The molecule has 0 saturated carbocycles. The van der Waals surface area contributed by atoms with Crippen molar-refractivity contribution in [2.45, 2.75) is 11.8 Å². The standard InChI is InChI=1S/C23H22FN3O5S/c1-2-32-20-10-12-21(13-11-20)33(30,31)27(19-8-6-17(24)7-9-19)15-22(28)26-18-5-3-4-16(14-18)23(25)29/h3-14H,2,15H2,1H3,(H2,25,29)(H,26,28). The van der Waals surface area contributed by atoms with E-state index in [-0.39, 0.29) is 21.8 Å². The molecule has 0 aliphatic rings. The largest absolute Gasteiger partial charge is 0.494 e. The number of amides is 2. The molecule has 0 aromatic heterocycles. The van der Waals surface area contributed by atoms with Gasteiger partial charge in [-0.3, -0.25) is 13.9 Å². The van der Waals surface area contributed by atoms with Crippen molar-refractivity contribution < 1.29 is 27.1 Å². The van der Waals surface area contributed by atoms with E-state index >= 15 is 0 Å². The number of ether oxygens (including phenoxy) is 1. The summed E-state index contributed by atoms with van der Waals surface area (Å²) in [6.45, 7) is 1.63. The van der Waals surface area contributed by atoms with Crippen LogP contribution in [0.3, 0.4) is 0 Å². The van der Waals surface area contributed by atoms with E-state index in [1.54, 1.807) is 6.92 Å². The summed E-state index contributed by atoms with van der Waals surface area (Å²) >= 11 is 0. The number of carbonyl (C=O) groups excluding carboxylic acids is 2. The van der Waals surface area contributed by atoms with Gasteiger partial charge < -0.3 is 15.8 Å². The maximum atomic E-state index is 13.4. The predicted molar refractivity (Wildman–Crippen MR) is 122 cm³/mol. The molecule has 0 bridgehead atoms. The first-order chi connectivity index (χ1) is 15.7. The zero-order chi connectivity index (χ0) is 24.0. The molecule has 3 rings (SSSR count). The number of benzene rings is 3. The molecule has 0 spiro atoms. The van der Waals surface area contributed by atoms with Crippen LogP contribution < -0.4 is 20.1 Å². The second kappa shape index (κ2) is 10.1. The first-order valence-corrected chi connectivity index (χ1v) is 11.4. The van der Waals surface area contributed by atoms with Crippen molar-refractivity contribution in [3.05, 3.63) is 84.2 Å². The van der Waals surface area contributed by atoms with Gasteiger partial charge in [0.05, 0.1) is 17.2 Å². The molecule has 172 valence electrons. The minimum atomic E-state index is -4.19. The van der Waals surface area contributed by atoms with Gasteiger partial charge in [0.1, 0.15) is 18.1 Å². The Morgan fingerprint density at radius 1 is 1.03 bits per heavy atom. The van der Waals surface area contributed by atoms with Crippen LogP contribution in [0.1, 0.15) is 17.3 Å². The van der Waals surface area contributed by atoms with Gasteiger partial charge in [-0.1, -0.05) is 6.07 Å². The molecular weight excluding hydrogens is 449 g/mol. The molecule has 0 heterocycles. The van der Waals surface area contributed by atoms with E-state index in [0.717, 1.165) is 16.4 Å². The summed E-state index contributed by atoms with van der Waals surface area (Å²) in [4.78, 5) is 24.0. The molecule has 8 nitrogen and oxygen atoms in total. The number of carbonyl (C=O) groups is 2. The minimum absolute atomic E-state index is 0.0706. The molecule has 3 N–H and O–H groups in total. The van der Waals surface area contributed by atoms with Gasteiger partial charge in [0.2, 0.25) is 11.8 Å². The summed E-state index contributed by atoms with van der Waals surface area (Å²) in [5, 5.41) is 2.55.